The Morgan fingerprint density at radius 2 is 2.00 bits per heavy atom. The van der Waals surface area contributed by atoms with Crippen LogP contribution >= 0.6 is 18.2 Å². The maximum Gasteiger partial charge on any atom is 0.326 e. The Labute approximate surface area is 221 Å². The van der Waals surface area contributed by atoms with Crippen LogP contribution in [0.2, 0.25) is 0 Å². The van der Waals surface area contributed by atoms with Gasteiger partial charge < -0.3 is 34.1 Å². The maximum absolute atomic E-state index is 15.3. The molecule has 0 aliphatic carbocycles. The Morgan fingerprint density at radius 3 is 2.62 bits per heavy atom. The van der Waals surface area contributed by atoms with Crippen LogP contribution in [0.25, 0.3) is 0 Å². The highest BCUT2D eigenvalue weighted by atomic mass is 35.5. The summed E-state index contributed by atoms with van der Waals surface area (Å²) in [6.45, 7) is 0.665. The van der Waals surface area contributed by atoms with E-state index in [4.69, 9.17) is 41.9 Å². The van der Waals surface area contributed by atoms with E-state index in [9.17, 15) is 24.2 Å². The molecule has 0 spiro atoms. The molecule has 2 aliphatic rings. The Bertz CT molecular complexity index is 1070. The molecule has 0 aromatic heterocycles. The summed E-state index contributed by atoms with van der Waals surface area (Å²) in [4.78, 5) is 24.9. The predicted molar refractivity (Wildman–Crippen MR) is 131 cm³/mol. The smallest absolute Gasteiger partial charge is 0.326 e. The second-order valence-electron chi connectivity index (χ2n) is 8.45. The number of halogens is 3. The third kappa shape index (κ3) is 7.15. The number of benzene rings is 1. The van der Waals surface area contributed by atoms with Crippen molar-refractivity contribution in [2.24, 2.45) is 0 Å². The monoisotopic (exact) mass is 585 g/mol. The minimum absolute atomic E-state index is 0.301. The van der Waals surface area contributed by atoms with E-state index in [1.807, 2.05) is 5.32 Å². The normalized spacial score (nSPS) is 30.4. The first-order valence-electron chi connectivity index (χ1n) is 11.1. The average molecular weight is 586 g/mol. The van der Waals surface area contributed by atoms with Crippen molar-refractivity contribution in [3.8, 4) is 5.75 Å². The minimum atomic E-state index is -3.57. The van der Waals surface area contributed by atoms with E-state index >= 15 is 4.39 Å². The molecule has 2 amide bonds. The highest BCUT2D eigenvalue weighted by Crippen LogP contribution is 2.47. The van der Waals surface area contributed by atoms with E-state index in [2.05, 4.69) is 5.09 Å². The number of carbonyl (C=O) groups excluding carboxylic acids is 2. The van der Waals surface area contributed by atoms with Crippen molar-refractivity contribution in [2.75, 3.05) is 6.61 Å². The number of nitrogens with one attached hydrogen (secondary N) is 2. The fourth-order valence-electron chi connectivity index (χ4n) is 3.31. The largest absolute Gasteiger partial charge is 0.462 e. The number of aliphatic hydroxyl groups excluding tert-OH is 2. The lowest BCUT2D eigenvalue weighted by atomic mass is 10.1. The van der Waals surface area contributed by atoms with Crippen molar-refractivity contribution >= 4 is 42.1 Å². The van der Waals surface area contributed by atoms with Crippen molar-refractivity contribution in [3.05, 3.63) is 42.4 Å². The molecule has 206 valence electrons. The summed E-state index contributed by atoms with van der Waals surface area (Å²) >= 11 is 11.4. The van der Waals surface area contributed by atoms with E-state index in [1.54, 1.807) is 44.2 Å². The number of hydrogen-bond acceptors (Lipinski definition) is 9. The third-order valence-corrected chi connectivity index (χ3v) is 8.00. The second-order valence-corrected chi connectivity index (χ2v) is 12.2. The summed E-state index contributed by atoms with van der Waals surface area (Å²) in [5, 5.41) is 21.4. The summed E-state index contributed by atoms with van der Waals surface area (Å²) in [6.07, 6.45) is -7.35. The molecule has 11 nitrogen and oxygen atoms in total. The minimum Gasteiger partial charge on any atom is -0.462 e. The molecule has 1 fully saturated rings. The van der Waals surface area contributed by atoms with Crippen LogP contribution < -0.4 is 14.9 Å². The summed E-state index contributed by atoms with van der Waals surface area (Å²) < 4.78 is 51.3. The molecule has 0 saturated carbocycles. The quantitative estimate of drug-likeness (QED) is 0.184. The van der Waals surface area contributed by atoms with Crippen LogP contribution in [-0.2, 0) is 30.6 Å². The van der Waals surface area contributed by atoms with E-state index < -0.39 is 73.0 Å². The standard InChI is InChI=1S/C21H27ClF2N3O8PS/c1-11(2)33-18(30)12(3)26-36(37,35-13-7-5-4-6-8-13)32-10-15-16(28)21(22,24)19(34-15)27-9-14(23)17(29)25-20(27)31/h4-9,11-12,15-17,19,28-29H,10H2,1-3H3,(H,25,31)(H,26,37)/t12?,15-,16-,17?,19-,21+,36?/m1/s1. The zero-order chi connectivity index (χ0) is 27.5. The molecule has 4 N–H and O–H groups in total. The van der Waals surface area contributed by atoms with Crippen molar-refractivity contribution < 1.29 is 47.1 Å². The molecule has 1 aromatic carbocycles. The SMILES string of the molecule is CC(C)OC(=O)C(C)NP(=S)(OC[C@H]1O[C@@H](N2C=C(F)C(O)NC2=O)[C@](F)(Cl)[C@@H]1O)Oc1ccccc1. The molecule has 2 aliphatic heterocycles. The average Bonchev–Trinajstić information content (AvgIpc) is 3.03. The first-order valence-corrected chi connectivity index (χ1v) is 14.1. The zero-order valence-corrected chi connectivity index (χ0v) is 22.4. The van der Waals surface area contributed by atoms with E-state index in [-0.39, 0.29) is 0 Å². The summed E-state index contributed by atoms with van der Waals surface area (Å²) in [7, 11) is 0. The molecule has 2 heterocycles. The van der Waals surface area contributed by atoms with Gasteiger partial charge in [0.1, 0.15) is 24.0 Å². The van der Waals surface area contributed by atoms with Crippen LogP contribution in [0.15, 0.2) is 42.4 Å². The van der Waals surface area contributed by atoms with E-state index in [1.165, 1.54) is 6.92 Å². The molecule has 1 saturated heterocycles. The number of ether oxygens (including phenoxy) is 2. The summed E-state index contributed by atoms with van der Waals surface area (Å²) in [5.74, 6) is -1.53. The van der Waals surface area contributed by atoms with Crippen LogP contribution in [0.4, 0.5) is 13.6 Å². The van der Waals surface area contributed by atoms with Crippen LogP contribution in [-0.4, -0.2) is 75.7 Å². The number of esters is 1. The maximum atomic E-state index is 15.3. The topological polar surface area (TPSA) is 139 Å². The lowest BCUT2D eigenvalue weighted by Crippen LogP contribution is -2.56. The summed E-state index contributed by atoms with van der Waals surface area (Å²) in [5.41, 5.74) is 0. The van der Waals surface area contributed by atoms with Gasteiger partial charge in [0.05, 0.1) is 12.7 Å². The number of urea groups is 1. The van der Waals surface area contributed by atoms with Crippen LogP contribution in [0.3, 0.4) is 0 Å². The van der Waals surface area contributed by atoms with E-state index in [0.29, 0.717) is 16.8 Å². The van der Waals surface area contributed by atoms with Gasteiger partial charge in [-0.05, 0) is 44.7 Å². The molecule has 3 rings (SSSR count). The molecule has 16 heteroatoms. The number of alkyl halides is 2. The van der Waals surface area contributed by atoms with Crippen molar-refractivity contribution in [1.82, 2.24) is 15.3 Å². The van der Waals surface area contributed by atoms with Gasteiger partial charge in [0, 0.05) is 6.20 Å². The lowest BCUT2D eigenvalue weighted by molar-refractivity contribution is -0.149. The van der Waals surface area contributed by atoms with Gasteiger partial charge in [0.25, 0.3) is 5.13 Å². The number of hydrogen-bond donors (Lipinski definition) is 4. The van der Waals surface area contributed by atoms with Gasteiger partial charge in [0.15, 0.2) is 18.3 Å². The van der Waals surface area contributed by atoms with Gasteiger partial charge in [-0.15, -0.1) is 0 Å². The van der Waals surface area contributed by atoms with Gasteiger partial charge in [-0.2, -0.15) is 0 Å². The molecular weight excluding hydrogens is 559 g/mol. The number of nitrogens with zero attached hydrogens (tertiary/aromatic N) is 1. The molecule has 1 aromatic rings. The van der Waals surface area contributed by atoms with Crippen molar-refractivity contribution in [3.63, 3.8) is 0 Å². The number of carbonyl (C=O) groups is 2. The third-order valence-electron chi connectivity index (χ3n) is 5.09. The van der Waals surface area contributed by atoms with Gasteiger partial charge in [-0.1, -0.05) is 29.8 Å². The van der Waals surface area contributed by atoms with Crippen LogP contribution in [0.5, 0.6) is 5.75 Å². The molecule has 0 radical (unpaired) electrons. The van der Waals surface area contributed by atoms with Gasteiger partial charge in [-0.3, -0.25) is 9.69 Å². The summed E-state index contributed by atoms with van der Waals surface area (Å²) in [6, 6.07) is 6.20. The Balaban J connectivity index is 1.77. The number of para-hydroxylation sites is 1. The molecule has 3 unspecified atom stereocenters. The Morgan fingerprint density at radius 1 is 1.35 bits per heavy atom. The first-order chi connectivity index (χ1) is 17.2. The Hall–Kier alpha value is -1.90. The van der Waals surface area contributed by atoms with Crippen molar-refractivity contribution in [1.29, 1.82) is 0 Å². The fourth-order valence-corrected chi connectivity index (χ4v) is 6.02. The molecule has 7 atom stereocenters. The predicted octanol–water partition coefficient (Wildman–Crippen LogP) is 2.38. The second kappa shape index (κ2) is 11.9. The Kier molecular flexibility index (Phi) is 9.51. The number of rotatable bonds is 10. The fraction of sp³-hybridized carbons (Fsp3) is 0.524. The van der Waals surface area contributed by atoms with E-state index in [0.717, 1.165) is 0 Å². The van der Waals surface area contributed by atoms with Crippen molar-refractivity contribution in [2.45, 2.75) is 62.7 Å². The first kappa shape index (κ1) is 29.7. The van der Waals surface area contributed by atoms with Gasteiger partial charge >= 0.3 is 18.6 Å². The lowest BCUT2D eigenvalue weighted by Gasteiger charge is -2.33. The van der Waals surface area contributed by atoms with Gasteiger partial charge in [0.2, 0.25) is 0 Å². The number of amides is 2. The van der Waals surface area contributed by atoms with Crippen LogP contribution in [0.1, 0.15) is 20.8 Å². The highest BCUT2D eigenvalue weighted by molar-refractivity contribution is 8.09. The van der Waals surface area contributed by atoms with Crippen LogP contribution in [0, 0.1) is 0 Å². The zero-order valence-electron chi connectivity index (χ0n) is 19.9. The van der Waals surface area contributed by atoms with Gasteiger partial charge in [-0.25, -0.2) is 18.7 Å². The molecular formula is C21H27ClF2N3O8PS. The molecule has 0 bridgehead atoms. The highest BCUT2D eigenvalue weighted by Gasteiger charge is 2.60. The number of aliphatic hydroxyl groups is 2. The molecule has 37 heavy (non-hydrogen) atoms.